The molecule has 0 fully saturated rings. The number of Topliss-reactive ketones (excluding diaryl/α,β-unsaturated/α-hetero) is 1. The van der Waals surface area contributed by atoms with Crippen LogP contribution in [0.25, 0.3) is 0 Å². The van der Waals surface area contributed by atoms with Gasteiger partial charge in [-0.3, -0.25) is 9.59 Å². The highest BCUT2D eigenvalue weighted by molar-refractivity contribution is 6.09. The largest absolute Gasteiger partial charge is 0.497 e. The number of carbonyl (C=O) groups excluding carboxylic acids is 2. The van der Waals surface area contributed by atoms with Crippen LogP contribution in [0.5, 0.6) is 5.75 Å². The maximum atomic E-state index is 12.7. The molecule has 0 saturated carbocycles. The molecule has 0 unspecified atom stereocenters. The molecule has 2 aromatic carbocycles. The van der Waals surface area contributed by atoms with Gasteiger partial charge < -0.3 is 15.2 Å². The summed E-state index contributed by atoms with van der Waals surface area (Å²) >= 11 is 0. The lowest BCUT2D eigenvalue weighted by Crippen LogP contribution is -2.36. The number of hydrogen-bond donors (Lipinski definition) is 2. The topological polar surface area (TPSA) is 75.6 Å². The van der Waals surface area contributed by atoms with Crippen molar-refractivity contribution in [1.82, 2.24) is 0 Å². The van der Waals surface area contributed by atoms with Crippen molar-refractivity contribution in [2.45, 2.75) is 38.2 Å². The molecule has 1 atom stereocenters. The molecule has 0 bridgehead atoms. The summed E-state index contributed by atoms with van der Waals surface area (Å²) in [5, 5.41) is 13.6. The number of amides is 1. The maximum absolute atomic E-state index is 12.7. The Balaban J connectivity index is 1.89. The van der Waals surface area contributed by atoms with Crippen LogP contribution in [-0.4, -0.2) is 23.9 Å². The first-order chi connectivity index (χ1) is 12.1. The number of ether oxygens (including phenoxy) is 1. The SMILES string of the molecule is COc1ccc2c(c1)[C@](O)(CC(=O)c1ccc(C(C)(C)C)cc1)C(=O)N2. The van der Waals surface area contributed by atoms with E-state index in [4.69, 9.17) is 4.74 Å². The predicted molar refractivity (Wildman–Crippen MR) is 99.6 cm³/mol. The van der Waals surface area contributed by atoms with Crippen molar-refractivity contribution >= 4 is 17.4 Å². The maximum Gasteiger partial charge on any atom is 0.261 e. The summed E-state index contributed by atoms with van der Waals surface area (Å²) < 4.78 is 5.17. The van der Waals surface area contributed by atoms with Crippen molar-refractivity contribution in [1.29, 1.82) is 0 Å². The van der Waals surface area contributed by atoms with Crippen molar-refractivity contribution in [3.63, 3.8) is 0 Å². The zero-order chi connectivity index (χ0) is 19.1. The Morgan fingerprint density at radius 1 is 1.15 bits per heavy atom. The van der Waals surface area contributed by atoms with Crippen LogP contribution in [-0.2, 0) is 15.8 Å². The summed E-state index contributed by atoms with van der Waals surface area (Å²) in [6.07, 6.45) is -0.326. The lowest BCUT2D eigenvalue weighted by molar-refractivity contribution is -0.133. The van der Waals surface area contributed by atoms with Crippen LogP contribution in [0.3, 0.4) is 0 Å². The van der Waals surface area contributed by atoms with Gasteiger partial charge in [0.25, 0.3) is 5.91 Å². The van der Waals surface area contributed by atoms with Gasteiger partial charge in [-0.1, -0.05) is 45.0 Å². The second-order valence-corrected chi connectivity index (χ2v) is 7.65. The summed E-state index contributed by atoms with van der Waals surface area (Å²) in [5.74, 6) is -0.375. The number of aliphatic hydroxyl groups is 1. The van der Waals surface area contributed by atoms with Gasteiger partial charge in [0.1, 0.15) is 5.75 Å². The van der Waals surface area contributed by atoms with Gasteiger partial charge in [-0.25, -0.2) is 0 Å². The summed E-state index contributed by atoms with van der Waals surface area (Å²) in [6, 6.07) is 12.2. The molecule has 2 N–H and O–H groups in total. The van der Waals surface area contributed by atoms with Crippen LogP contribution in [0.4, 0.5) is 5.69 Å². The molecule has 5 nitrogen and oxygen atoms in total. The molecule has 0 aliphatic carbocycles. The molecular weight excluding hydrogens is 330 g/mol. The first-order valence-corrected chi connectivity index (χ1v) is 8.51. The van der Waals surface area contributed by atoms with Gasteiger partial charge in [-0.15, -0.1) is 0 Å². The Bertz CT molecular complexity index is 865. The van der Waals surface area contributed by atoms with E-state index in [0.717, 1.165) is 5.56 Å². The zero-order valence-corrected chi connectivity index (χ0v) is 15.4. The highest BCUT2D eigenvalue weighted by atomic mass is 16.5. The Hall–Kier alpha value is -2.66. The van der Waals surface area contributed by atoms with Crippen molar-refractivity contribution in [2.24, 2.45) is 0 Å². The number of hydrogen-bond acceptors (Lipinski definition) is 4. The second-order valence-electron chi connectivity index (χ2n) is 7.65. The zero-order valence-electron chi connectivity index (χ0n) is 15.4. The minimum absolute atomic E-state index is 0.0133. The van der Waals surface area contributed by atoms with E-state index >= 15 is 0 Å². The smallest absolute Gasteiger partial charge is 0.261 e. The monoisotopic (exact) mass is 353 g/mol. The lowest BCUT2D eigenvalue weighted by Gasteiger charge is -2.21. The van der Waals surface area contributed by atoms with Crippen LogP contribution in [0, 0.1) is 0 Å². The predicted octanol–water partition coefficient (Wildman–Crippen LogP) is 3.41. The van der Waals surface area contributed by atoms with E-state index in [1.165, 1.54) is 7.11 Å². The number of benzene rings is 2. The minimum Gasteiger partial charge on any atom is -0.497 e. The van der Waals surface area contributed by atoms with Crippen LogP contribution < -0.4 is 10.1 Å². The normalized spacial score (nSPS) is 19.0. The standard InChI is InChI=1S/C21H23NO4/c1-20(2,3)14-7-5-13(6-8-14)18(23)12-21(25)16-11-15(26-4)9-10-17(16)22-19(21)24/h5-11,25H,12H2,1-4H3,(H,22,24)/t21-/m1/s1. The molecular formula is C21H23NO4. The van der Waals surface area contributed by atoms with Crippen molar-refractivity contribution in [3.8, 4) is 5.75 Å². The molecule has 0 radical (unpaired) electrons. The molecule has 1 aliphatic heterocycles. The number of ketones is 1. The lowest BCUT2D eigenvalue weighted by atomic mass is 9.85. The molecule has 26 heavy (non-hydrogen) atoms. The number of fused-ring (bicyclic) bond motifs is 1. The summed E-state index contributed by atoms with van der Waals surface area (Å²) in [7, 11) is 1.51. The van der Waals surface area contributed by atoms with Gasteiger partial charge in [-0.2, -0.15) is 0 Å². The third kappa shape index (κ3) is 3.10. The van der Waals surface area contributed by atoms with Gasteiger partial charge in [0.05, 0.1) is 13.5 Å². The van der Waals surface area contributed by atoms with Gasteiger partial charge in [-0.05, 0) is 29.2 Å². The summed E-state index contributed by atoms with van der Waals surface area (Å²) in [4.78, 5) is 25.1. The first-order valence-electron chi connectivity index (χ1n) is 8.51. The number of rotatable bonds is 4. The molecule has 136 valence electrons. The Morgan fingerprint density at radius 3 is 2.38 bits per heavy atom. The van der Waals surface area contributed by atoms with E-state index in [1.54, 1.807) is 30.3 Å². The third-order valence-electron chi connectivity index (χ3n) is 4.79. The molecule has 2 aromatic rings. The van der Waals surface area contributed by atoms with Crippen LogP contribution in [0.2, 0.25) is 0 Å². The molecule has 3 rings (SSSR count). The average molecular weight is 353 g/mol. The van der Waals surface area contributed by atoms with Crippen LogP contribution >= 0.6 is 0 Å². The van der Waals surface area contributed by atoms with E-state index in [9.17, 15) is 14.7 Å². The van der Waals surface area contributed by atoms with Crippen molar-refractivity contribution in [2.75, 3.05) is 12.4 Å². The van der Waals surface area contributed by atoms with Gasteiger partial charge >= 0.3 is 0 Å². The average Bonchev–Trinajstić information content (AvgIpc) is 2.84. The highest BCUT2D eigenvalue weighted by Gasteiger charge is 2.47. The van der Waals surface area contributed by atoms with Crippen molar-refractivity contribution in [3.05, 3.63) is 59.2 Å². The summed E-state index contributed by atoms with van der Waals surface area (Å²) in [5.41, 5.74) is 0.525. The first kappa shape index (κ1) is 18.1. The van der Waals surface area contributed by atoms with E-state index in [0.29, 0.717) is 22.6 Å². The van der Waals surface area contributed by atoms with Crippen LogP contribution in [0.15, 0.2) is 42.5 Å². The molecule has 1 aliphatic rings. The fourth-order valence-corrected chi connectivity index (χ4v) is 3.12. The van der Waals surface area contributed by atoms with Crippen molar-refractivity contribution < 1.29 is 19.4 Å². The highest BCUT2D eigenvalue weighted by Crippen LogP contribution is 2.41. The fraction of sp³-hybridized carbons (Fsp3) is 0.333. The number of nitrogens with one attached hydrogen (secondary N) is 1. The Labute approximate surface area is 153 Å². The second kappa shape index (κ2) is 6.25. The molecule has 1 amide bonds. The molecule has 0 saturated heterocycles. The van der Waals surface area contributed by atoms with E-state index in [-0.39, 0.29) is 17.6 Å². The number of methoxy groups -OCH3 is 1. The molecule has 0 aromatic heterocycles. The Kier molecular flexibility index (Phi) is 4.36. The minimum atomic E-state index is -1.90. The van der Waals surface area contributed by atoms with Crippen LogP contribution in [0.1, 0.15) is 48.7 Å². The quantitative estimate of drug-likeness (QED) is 0.826. The molecule has 0 spiro atoms. The fourth-order valence-electron chi connectivity index (χ4n) is 3.12. The van der Waals surface area contributed by atoms with Gasteiger partial charge in [0, 0.05) is 16.8 Å². The third-order valence-corrected chi connectivity index (χ3v) is 4.79. The van der Waals surface area contributed by atoms with Gasteiger partial charge in [0.2, 0.25) is 0 Å². The summed E-state index contributed by atoms with van der Waals surface area (Å²) in [6.45, 7) is 6.29. The number of carbonyl (C=O) groups is 2. The van der Waals surface area contributed by atoms with E-state index in [1.807, 2.05) is 12.1 Å². The Morgan fingerprint density at radius 2 is 1.81 bits per heavy atom. The molecule has 5 heteroatoms. The molecule has 1 heterocycles. The van der Waals surface area contributed by atoms with E-state index < -0.39 is 11.5 Å². The number of anilines is 1. The van der Waals surface area contributed by atoms with Gasteiger partial charge in [0.15, 0.2) is 11.4 Å². The van der Waals surface area contributed by atoms with E-state index in [2.05, 4.69) is 26.1 Å².